The smallest absolute Gasteiger partial charge is 0.408 e. The minimum Gasteiger partial charge on any atom is -0.444 e. The summed E-state index contributed by atoms with van der Waals surface area (Å²) in [6.07, 6.45) is 1.66. The Balaban J connectivity index is 3.16. The maximum Gasteiger partial charge on any atom is 0.408 e. The zero-order valence-electron chi connectivity index (χ0n) is 19.5. The average molecular weight is 424 g/mol. The van der Waals surface area contributed by atoms with E-state index in [1.807, 2.05) is 13.8 Å². The van der Waals surface area contributed by atoms with Crippen molar-refractivity contribution >= 4 is 12.2 Å². The number of carbonyl (C=O) groups excluding carboxylic acids is 2. The SMILES string of the molecule is CCC(CC)OC1C=C(C#N)CC(NC(=O)OC(C)(C)C)[C@H]1NC(=O)OC(C)(C)C. The second-order valence-electron chi connectivity index (χ2n) is 9.47. The van der Waals surface area contributed by atoms with Gasteiger partial charge in [0.1, 0.15) is 11.2 Å². The number of ether oxygens (including phenoxy) is 3. The molecule has 1 aliphatic rings. The molecule has 0 spiro atoms. The number of carbonyl (C=O) groups is 2. The minimum absolute atomic E-state index is 0.0468. The van der Waals surface area contributed by atoms with Gasteiger partial charge in [0.25, 0.3) is 0 Å². The van der Waals surface area contributed by atoms with Crippen LogP contribution in [0.15, 0.2) is 11.6 Å². The lowest BCUT2D eigenvalue weighted by atomic mass is 9.88. The molecule has 0 aromatic rings. The molecule has 0 aromatic heterocycles. The van der Waals surface area contributed by atoms with Gasteiger partial charge in [0.05, 0.1) is 30.4 Å². The van der Waals surface area contributed by atoms with Crippen molar-refractivity contribution in [1.29, 1.82) is 5.26 Å². The number of nitriles is 1. The number of alkyl carbamates (subject to hydrolysis) is 2. The molecule has 30 heavy (non-hydrogen) atoms. The highest BCUT2D eigenvalue weighted by atomic mass is 16.6. The van der Waals surface area contributed by atoms with Gasteiger partial charge in [-0.05, 0) is 60.5 Å². The highest BCUT2D eigenvalue weighted by Crippen LogP contribution is 2.25. The predicted molar refractivity (Wildman–Crippen MR) is 114 cm³/mol. The van der Waals surface area contributed by atoms with Crippen LogP contribution in [0, 0.1) is 11.3 Å². The lowest BCUT2D eigenvalue weighted by Crippen LogP contribution is -2.60. The normalized spacial score (nSPS) is 22.0. The second kappa shape index (κ2) is 10.7. The number of hydrogen-bond acceptors (Lipinski definition) is 6. The average Bonchev–Trinajstić information content (AvgIpc) is 2.58. The summed E-state index contributed by atoms with van der Waals surface area (Å²) in [7, 11) is 0. The van der Waals surface area contributed by atoms with Gasteiger partial charge in [-0.15, -0.1) is 0 Å². The van der Waals surface area contributed by atoms with E-state index in [-0.39, 0.29) is 12.5 Å². The molecule has 8 nitrogen and oxygen atoms in total. The van der Waals surface area contributed by atoms with Crippen molar-refractivity contribution in [1.82, 2.24) is 10.6 Å². The van der Waals surface area contributed by atoms with Crippen LogP contribution in [0.1, 0.15) is 74.7 Å². The zero-order chi connectivity index (χ0) is 23.1. The van der Waals surface area contributed by atoms with Gasteiger partial charge >= 0.3 is 12.2 Å². The number of hydrogen-bond donors (Lipinski definition) is 2. The Labute approximate surface area is 180 Å². The fourth-order valence-corrected chi connectivity index (χ4v) is 3.10. The third kappa shape index (κ3) is 9.04. The van der Waals surface area contributed by atoms with Crippen molar-refractivity contribution in [2.45, 2.75) is 110 Å². The highest BCUT2D eigenvalue weighted by Gasteiger charge is 2.38. The zero-order valence-corrected chi connectivity index (χ0v) is 19.5. The van der Waals surface area contributed by atoms with Gasteiger partial charge in [-0.2, -0.15) is 5.26 Å². The van der Waals surface area contributed by atoms with E-state index in [2.05, 4.69) is 16.7 Å². The van der Waals surface area contributed by atoms with E-state index in [4.69, 9.17) is 14.2 Å². The fourth-order valence-electron chi connectivity index (χ4n) is 3.10. The monoisotopic (exact) mass is 423 g/mol. The number of nitrogens with zero attached hydrogens (tertiary/aromatic N) is 1. The van der Waals surface area contributed by atoms with Gasteiger partial charge < -0.3 is 24.8 Å². The Hall–Kier alpha value is -2.27. The van der Waals surface area contributed by atoms with E-state index in [1.165, 1.54) is 0 Å². The van der Waals surface area contributed by atoms with Gasteiger partial charge in [-0.1, -0.05) is 13.8 Å². The number of amides is 2. The first-order valence-electron chi connectivity index (χ1n) is 10.5. The molecule has 0 heterocycles. The van der Waals surface area contributed by atoms with Crippen LogP contribution in [0.3, 0.4) is 0 Å². The van der Waals surface area contributed by atoms with E-state index >= 15 is 0 Å². The maximum atomic E-state index is 12.5. The van der Waals surface area contributed by atoms with Gasteiger partial charge in [-0.25, -0.2) is 9.59 Å². The van der Waals surface area contributed by atoms with Crippen molar-refractivity contribution in [2.75, 3.05) is 0 Å². The molecule has 8 heteroatoms. The quantitative estimate of drug-likeness (QED) is 0.662. The standard InChI is InChI=1S/C22H37N3O5/c1-9-15(10-2)28-17-12-14(13-23)11-16(24-19(26)29-21(3,4)5)18(17)25-20(27)30-22(6,7)8/h12,15-18H,9-11H2,1-8H3,(H,24,26)(H,25,27)/t16?,17?,18-/m1/s1. The van der Waals surface area contributed by atoms with E-state index in [0.29, 0.717) is 5.57 Å². The molecule has 170 valence electrons. The van der Waals surface area contributed by atoms with E-state index in [0.717, 1.165) is 12.8 Å². The molecule has 0 saturated heterocycles. The summed E-state index contributed by atoms with van der Waals surface area (Å²) in [4.78, 5) is 24.9. The largest absolute Gasteiger partial charge is 0.444 e. The van der Waals surface area contributed by atoms with E-state index in [9.17, 15) is 14.9 Å². The summed E-state index contributed by atoms with van der Waals surface area (Å²) in [6, 6.07) is 0.940. The van der Waals surface area contributed by atoms with Crippen LogP contribution in [0.25, 0.3) is 0 Å². The van der Waals surface area contributed by atoms with Crippen molar-refractivity contribution < 1.29 is 23.8 Å². The van der Waals surface area contributed by atoms with Gasteiger partial charge in [0, 0.05) is 12.0 Å². The predicted octanol–water partition coefficient (Wildman–Crippen LogP) is 4.20. The Bertz CT molecular complexity index is 666. The van der Waals surface area contributed by atoms with Gasteiger partial charge in [-0.3, -0.25) is 0 Å². The molecule has 3 atom stereocenters. The first kappa shape index (κ1) is 25.8. The number of rotatable bonds is 6. The Morgan fingerprint density at radius 1 is 1.07 bits per heavy atom. The minimum atomic E-state index is -0.674. The van der Waals surface area contributed by atoms with E-state index < -0.39 is 41.6 Å². The molecule has 0 radical (unpaired) electrons. The van der Waals surface area contributed by atoms with Crippen molar-refractivity contribution in [3.8, 4) is 6.07 Å². The number of nitrogens with one attached hydrogen (secondary N) is 2. The van der Waals surface area contributed by atoms with Gasteiger partial charge in [0.2, 0.25) is 0 Å². The maximum absolute atomic E-state index is 12.5. The van der Waals surface area contributed by atoms with Crippen molar-refractivity contribution in [3.63, 3.8) is 0 Å². The van der Waals surface area contributed by atoms with Crippen molar-refractivity contribution in [3.05, 3.63) is 11.6 Å². The molecule has 2 N–H and O–H groups in total. The van der Waals surface area contributed by atoms with Crippen LogP contribution in [0.4, 0.5) is 9.59 Å². The molecule has 0 fully saturated rings. The molecule has 2 amide bonds. The summed E-state index contributed by atoms with van der Waals surface area (Å²) >= 11 is 0. The summed E-state index contributed by atoms with van der Waals surface area (Å²) in [5.74, 6) is 0. The lowest BCUT2D eigenvalue weighted by Gasteiger charge is -2.38. The first-order valence-corrected chi connectivity index (χ1v) is 10.5. The molecule has 0 aliphatic heterocycles. The topological polar surface area (TPSA) is 110 Å². The molecule has 0 saturated carbocycles. The van der Waals surface area contributed by atoms with Crippen molar-refractivity contribution in [2.24, 2.45) is 0 Å². The molecular formula is C22H37N3O5. The fraction of sp³-hybridized carbons (Fsp3) is 0.773. The van der Waals surface area contributed by atoms with Gasteiger partial charge in [0.15, 0.2) is 0 Å². The molecule has 1 aliphatic carbocycles. The van der Waals surface area contributed by atoms with Crippen LogP contribution in [-0.2, 0) is 14.2 Å². The Morgan fingerprint density at radius 3 is 2.00 bits per heavy atom. The lowest BCUT2D eigenvalue weighted by molar-refractivity contribution is -0.0238. The Kier molecular flexibility index (Phi) is 9.16. The molecule has 2 unspecified atom stereocenters. The third-order valence-electron chi connectivity index (χ3n) is 4.38. The molecule has 1 rings (SSSR count). The van der Waals surface area contributed by atoms with Crippen LogP contribution in [0.2, 0.25) is 0 Å². The summed E-state index contributed by atoms with van der Waals surface area (Å²) in [5.41, 5.74) is -0.868. The van der Waals surface area contributed by atoms with Crippen LogP contribution < -0.4 is 10.6 Å². The van der Waals surface area contributed by atoms with E-state index in [1.54, 1.807) is 47.6 Å². The summed E-state index contributed by atoms with van der Waals surface area (Å²) in [6.45, 7) is 14.6. The molecule has 0 aromatic carbocycles. The summed E-state index contributed by atoms with van der Waals surface area (Å²) < 4.78 is 17.0. The second-order valence-corrected chi connectivity index (χ2v) is 9.47. The molecular weight excluding hydrogens is 386 g/mol. The third-order valence-corrected chi connectivity index (χ3v) is 4.38. The summed E-state index contributed by atoms with van der Waals surface area (Å²) in [5, 5.41) is 15.1. The van der Waals surface area contributed by atoms with Crippen LogP contribution >= 0.6 is 0 Å². The van der Waals surface area contributed by atoms with Crippen LogP contribution in [0.5, 0.6) is 0 Å². The highest BCUT2D eigenvalue weighted by molar-refractivity contribution is 5.70. The first-order chi connectivity index (χ1) is 13.8. The van der Waals surface area contributed by atoms with Crippen LogP contribution in [-0.4, -0.2) is 47.7 Å². The molecule has 0 bridgehead atoms. The Morgan fingerprint density at radius 2 is 1.57 bits per heavy atom.